The number of hydrogen-bond donors (Lipinski definition) is 1. The number of aliphatic hydroxyl groups excluding tert-OH is 1. The largest absolute Gasteiger partial charge is 0.388 e. The van der Waals surface area contributed by atoms with Gasteiger partial charge in [0.15, 0.2) is 0 Å². The summed E-state index contributed by atoms with van der Waals surface area (Å²) in [5.74, 6) is 0.684. The van der Waals surface area contributed by atoms with Crippen LogP contribution in [0.3, 0.4) is 0 Å². The Morgan fingerprint density at radius 2 is 2.20 bits per heavy atom. The van der Waals surface area contributed by atoms with Gasteiger partial charge < -0.3 is 5.11 Å². The molecule has 1 atom stereocenters. The van der Waals surface area contributed by atoms with E-state index in [-0.39, 0.29) is 6.10 Å². The maximum Gasteiger partial charge on any atom is 0.0792 e. The molecule has 0 amide bonds. The summed E-state index contributed by atoms with van der Waals surface area (Å²) in [6.07, 6.45) is 4.07. The maximum atomic E-state index is 9.92. The van der Waals surface area contributed by atoms with Crippen LogP contribution in [0.5, 0.6) is 0 Å². The lowest BCUT2D eigenvalue weighted by Crippen LogP contribution is -2.10. The highest BCUT2D eigenvalue weighted by atomic mass is 16.3. The van der Waals surface area contributed by atoms with E-state index in [1.807, 2.05) is 0 Å². The number of aryl methyl sites for hydroxylation is 1. The SMILES string of the molecule is CC(C)Cc1ccc2c(c1)[C@H](O)CCC2. The van der Waals surface area contributed by atoms with Crippen LogP contribution < -0.4 is 0 Å². The van der Waals surface area contributed by atoms with E-state index in [1.54, 1.807) is 0 Å². The van der Waals surface area contributed by atoms with E-state index in [0.29, 0.717) is 5.92 Å². The summed E-state index contributed by atoms with van der Waals surface area (Å²) in [7, 11) is 0. The molecule has 0 radical (unpaired) electrons. The molecule has 0 aromatic heterocycles. The molecule has 15 heavy (non-hydrogen) atoms. The predicted molar refractivity (Wildman–Crippen MR) is 62.9 cm³/mol. The van der Waals surface area contributed by atoms with Crippen molar-refractivity contribution in [2.24, 2.45) is 5.92 Å². The summed E-state index contributed by atoms with van der Waals surface area (Å²) in [5.41, 5.74) is 3.89. The number of aliphatic hydroxyl groups is 1. The van der Waals surface area contributed by atoms with Gasteiger partial charge in [0.05, 0.1) is 6.10 Å². The molecule has 0 saturated carbocycles. The zero-order chi connectivity index (χ0) is 10.8. The van der Waals surface area contributed by atoms with Gasteiger partial charge in [-0.05, 0) is 48.3 Å². The van der Waals surface area contributed by atoms with Crippen LogP contribution in [0.15, 0.2) is 18.2 Å². The molecule has 1 N–H and O–H groups in total. The summed E-state index contributed by atoms with van der Waals surface area (Å²) in [4.78, 5) is 0. The molecule has 0 spiro atoms. The Labute approximate surface area is 92.1 Å². The molecule has 0 saturated heterocycles. The smallest absolute Gasteiger partial charge is 0.0792 e. The van der Waals surface area contributed by atoms with Gasteiger partial charge in [0.2, 0.25) is 0 Å². The molecule has 1 nitrogen and oxygen atoms in total. The Morgan fingerprint density at radius 3 is 2.93 bits per heavy atom. The van der Waals surface area contributed by atoms with Gasteiger partial charge >= 0.3 is 0 Å². The van der Waals surface area contributed by atoms with Crippen LogP contribution in [-0.2, 0) is 12.8 Å². The van der Waals surface area contributed by atoms with Gasteiger partial charge in [-0.2, -0.15) is 0 Å². The lowest BCUT2D eigenvalue weighted by molar-refractivity contribution is 0.156. The average molecular weight is 204 g/mol. The van der Waals surface area contributed by atoms with E-state index in [9.17, 15) is 5.11 Å². The molecule has 0 bridgehead atoms. The second kappa shape index (κ2) is 4.36. The zero-order valence-corrected chi connectivity index (χ0v) is 9.66. The number of hydrogen-bond acceptors (Lipinski definition) is 1. The molecule has 1 aliphatic rings. The second-order valence-corrected chi connectivity index (χ2v) is 5.04. The van der Waals surface area contributed by atoms with Crippen LogP contribution in [0.1, 0.15) is 49.5 Å². The minimum absolute atomic E-state index is 0.221. The Hall–Kier alpha value is -0.820. The summed E-state index contributed by atoms with van der Waals surface area (Å²) >= 11 is 0. The molecule has 82 valence electrons. The molecule has 0 aliphatic heterocycles. The topological polar surface area (TPSA) is 20.2 Å². The molecule has 1 aliphatic carbocycles. The third-order valence-corrected chi connectivity index (χ3v) is 3.14. The Morgan fingerprint density at radius 1 is 1.40 bits per heavy atom. The summed E-state index contributed by atoms with van der Waals surface area (Å²) in [6.45, 7) is 4.46. The number of rotatable bonds is 2. The molecule has 0 heterocycles. The number of benzene rings is 1. The molecule has 1 aromatic rings. The van der Waals surface area contributed by atoms with E-state index >= 15 is 0 Å². The first-order chi connectivity index (χ1) is 7.16. The molecule has 1 heteroatoms. The van der Waals surface area contributed by atoms with Crippen LogP contribution in [0.4, 0.5) is 0 Å². The van der Waals surface area contributed by atoms with Crippen LogP contribution >= 0.6 is 0 Å². The molecular formula is C14H20O. The van der Waals surface area contributed by atoms with Gasteiger partial charge in [-0.15, -0.1) is 0 Å². The molecule has 0 fully saturated rings. The van der Waals surface area contributed by atoms with Crippen molar-refractivity contribution >= 4 is 0 Å². The van der Waals surface area contributed by atoms with Crippen LogP contribution in [0.2, 0.25) is 0 Å². The standard InChI is InChI=1S/C14H20O/c1-10(2)8-11-6-7-12-4-3-5-14(15)13(12)9-11/h6-7,9-10,14-15H,3-5,8H2,1-2H3/t14-/m1/s1. The minimum Gasteiger partial charge on any atom is -0.388 e. The Kier molecular flexibility index (Phi) is 3.11. The Bertz CT molecular complexity index is 341. The normalized spacial score (nSPS) is 20.4. The van der Waals surface area contributed by atoms with Crippen molar-refractivity contribution in [2.45, 2.75) is 45.6 Å². The summed E-state index contributed by atoms with van der Waals surface area (Å²) in [6, 6.07) is 6.63. The molecule has 1 aromatic carbocycles. The highest BCUT2D eigenvalue weighted by Gasteiger charge is 2.17. The highest BCUT2D eigenvalue weighted by molar-refractivity contribution is 5.35. The fourth-order valence-electron chi connectivity index (χ4n) is 2.42. The third kappa shape index (κ3) is 2.40. The first-order valence-electron chi connectivity index (χ1n) is 5.96. The first kappa shape index (κ1) is 10.7. The molecular weight excluding hydrogens is 184 g/mol. The van der Waals surface area contributed by atoms with Crippen molar-refractivity contribution in [2.75, 3.05) is 0 Å². The van der Waals surface area contributed by atoms with E-state index in [0.717, 1.165) is 25.7 Å². The van der Waals surface area contributed by atoms with Gasteiger partial charge in [-0.1, -0.05) is 32.0 Å². The average Bonchev–Trinajstić information content (AvgIpc) is 2.18. The Balaban J connectivity index is 2.27. The van der Waals surface area contributed by atoms with Crippen LogP contribution in [0.25, 0.3) is 0 Å². The van der Waals surface area contributed by atoms with E-state index in [1.165, 1.54) is 16.7 Å². The fourth-order valence-corrected chi connectivity index (χ4v) is 2.42. The van der Waals surface area contributed by atoms with Gasteiger partial charge in [0.1, 0.15) is 0 Å². The van der Waals surface area contributed by atoms with E-state index in [2.05, 4.69) is 32.0 Å². The van der Waals surface area contributed by atoms with Crippen molar-refractivity contribution in [3.05, 3.63) is 34.9 Å². The van der Waals surface area contributed by atoms with E-state index < -0.39 is 0 Å². The van der Waals surface area contributed by atoms with Crippen molar-refractivity contribution in [3.63, 3.8) is 0 Å². The number of fused-ring (bicyclic) bond motifs is 1. The van der Waals surface area contributed by atoms with Crippen molar-refractivity contribution < 1.29 is 5.11 Å². The second-order valence-electron chi connectivity index (χ2n) is 5.04. The van der Waals surface area contributed by atoms with Gasteiger partial charge in [-0.3, -0.25) is 0 Å². The van der Waals surface area contributed by atoms with Crippen LogP contribution in [0, 0.1) is 5.92 Å². The highest BCUT2D eigenvalue weighted by Crippen LogP contribution is 2.30. The minimum atomic E-state index is -0.221. The fraction of sp³-hybridized carbons (Fsp3) is 0.571. The van der Waals surface area contributed by atoms with Crippen molar-refractivity contribution in [1.29, 1.82) is 0 Å². The summed E-state index contributed by atoms with van der Waals surface area (Å²) < 4.78 is 0. The lowest BCUT2D eigenvalue weighted by atomic mass is 9.87. The van der Waals surface area contributed by atoms with E-state index in [4.69, 9.17) is 0 Å². The van der Waals surface area contributed by atoms with Crippen molar-refractivity contribution in [1.82, 2.24) is 0 Å². The first-order valence-corrected chi connectivity index (χ1v) is 5.96. The monoisotopic (exact) mass is 204 g/mol. The maximum absolute atomic E-state index is 9.92. The van der Waals surface area contributed by atoms with Crippen LogP contribution in [-0.4, -0.2) is 5.11 Å². The third-order valence-electron chi connectivity index (χ3n) is 3.14. The van der Waals surface area contributed by atoms with Crippen molar-refractivity contribution in [3.8, 4) is 0 Å². The molecule has 0 unspecified atom stereocenters. The predicted octanol–water partition coefficient (Wildman–Crippen LogP) is 3.25. The van der Waals surface area contributed by atoms with Gasteiger partial charge in [0, 0.05) is 0 Å². The zero-order valence-electron chi connectivity index (χ0n) is 9.66. The molecule has 2 rings (SSSR count). The summed E-state index contributed by atoms with van der Waals surface area (Å²) in [5, 5.41) is 9.92. The van der Waals surface area contributed by atoms with Gasteiger partial charge in [0.25, 0.3) is 0 Å². The lowest BCUT2D eigenvalue weighted by Gasteiger charge is -2.22. The quantitative estimate of drug-likeness (QED) is 0.784. The van der Waals surface area contributed by atoms with Gasteiger partial charge in [-0.25, -0.2) is 0 Å².